The maximum atomic E-state index is 9.97. The number of piperidine rings is 1. The number of rotatable bonds is 3. The molecule has 3 fully saturated rings. The summed E-state index contributed by atoms with van der Waals surface area (Å²) in [7, 11) is 0. The zero-order valence-corrected chi connectivity index (χ0v) is 13.7. The largest absolute Gasteiger partial charge is 0.391 e. The topological polar surface area (TPSA) is 68.6 Å². The highest BCUT2D eigenvalue weighted by Crippen LogP contribution is 2.25. The molecular weight excluding hydrogens is 292 g/mol. The number of anilines is 3. The van der Waals surface area contributed by atoms with Crippen molar-refractivity contribution < 1.29 is 5.11 Å². The van der Waals surface area contributed by atoms with Gasteiger partial charge in [0.25, 0.3) is 0 Å². The van der Waals surface area contributed by atoms with E-state index in [0.29, 0.717) is 6.54 Å². The Morgan fingerprint density at radius 1 is 0.652 bits per heavy atom. The lowest BCUT2D eigenvalue weighted by molar-refractivity contribution is 0.153. The van der Waals surface area contributed by atoms with Crippen LogP contribution in [0.3, 0.4) is 0 Å². The van der Waals surface area contributed by atoms with Gasteiger partial charge in [-0.25, -0.2) is 0 Å². The fraction of sp³-hybridized carbons (Fsp3) is 0.812. The molecule has 0 radical (unpaired) electrons. The molecule has 3 aliphatic heterocycles. The fourth-order valence-electron chi connectivity index (χ4n) is 3.74. The smallest absolute Gasteiger partial charge is 0.232 e. The van der Waals surface area contributed by atoms with Crippen molar-refractivity contribution >= 4 is 17.8 Å². The molecule has 0 bridgehead atoms. The van der Waals surface area contributed by atoms with Crippen molar-refractivity contribution in [2.24, 2.45) is 0 Å². The second-order valence-electron chi connectivity index (χ2n) is 6.87. The number of β-amino-alcohol motifs (C(OH)–C–C–N with tert-alkyl or cyclic N) is 1. The molecule has 23 heavy (non-hydrogen) atoms. The van der Waals surface area contributed by atoms with Crippen molar-refractivity contribution in [1.29, 1.82) is 0 Å². The van der Waals surface area contributed by atoms with Gasteiger partial charge >= 0.3 is 0 Å². The van der Waals surface area contributed by atoms with Crippen LogP contribution in [0.2, 0.25) is 0 Å². The van der Waals surface area contributed by atoms with E-state index in [1.807, 2.05) is 0 Å². The van der Waals surface area contributed by atoms with Gasteiger partial charge in [-0.2, -0.15) is 15.0 Å². The molecule has 4 rings (SSSR count). The number of hydrogen-bond acceptors (Lipinski definition) is 7. The Bertz CT molecular complexity index is 507. The summed E-state index contributed by atoms with van der Waals surface area (Å²) in [5, 5.41) is 9.97. The second-order valence-corrected chi connectivity index (χ2v) is 6.87. The third-order valence-electron chi connectivity index (χ3n) is 5.06. The van der Waals surface area contributed by atoms with E-state index >= 15 is 0 Å². The molecule has 1 aromatic rings. The maximum Gasteiger partial charge on any atom is 0.232 e. The van der Waals surface area contributed by atoms with Crippen LogP contribution in [0.1, 0.15) is 38.5 Å². The molecular formula is C16H26N6O. The lowest BCUT2D eigenvalue weighted by Gasteiger charge is -2.31. The minimum atomic E-state index is -0.272. The van der Waals surface area contributed by atoms with Crippen LogP contribution >= 0.6 is 0 Å². The number of aromatic nitrogens is 3. The summed E-state index contributed by atoms with van der Waals surface area (Å²) in [4.78, 5) is 20.9. The van der Waals surface area contributed by atoms with Crippen LogP contribution in [-0.2, 0) is 0 Å². The lowest BCUT2D eigenvalue weighted by Crippen LogP contribution is -2.40. The summed E-state index contributed by atoms with van der Waals surface area (Å²) in [6.07, 6.45) is 6.44. The quantitative estimate of drug-likeness (QED) is 0.893. The van der Waals surface area contributed by atoms with E-state index in [1.54, 1.807) is 0 Å². The Balaban J connectivity index is 1.65. The molecule has 0 amide bonds. The van der Waals surface area contributed by atoms with E-state index in [2.05, 4.69) is 14.7 Å². The van der Waals surface area contributed by atoms with E-state index in [4.69, 9.17) is 15.0 Å². The summed E-state index contributed by atoms with van der Waals surface area (Å²) in [5.74, 6) is 2.37. The van der Waals surface area contributed by atoms with Crippen molar-refractivity contribution in [1.82, 2.24) is 15.0 Å². The van der Waals surface area contributed by atoms with Crippen molar-refractivity contribution in [2.75, 3.05) is 54.0 Å². The van der Waals surface area contributed by atoms with Crippen LogP contribution in [0.15, 0.2) is 0 Å². The van der Waals surface area contributed by atoms with Crippen LogP contribution in [0.5, 0.6) is 0 Å². The Morgan fingerprint density at radius 3 is 1.57 bits per heavy atom. The van der Waals surface area contributed by atoms with Gasteiger partial charge in [-0.1, -0.05) is 0 Å². The average Bonchev–Trinajstić information content (AvgIpc) is 3.28. The van der Waals surface area contributed by atoms with Crippen LogP contribution in [-0.4, -0.2) is 65.4 Å². The van der Waals surface area contributed by atoms with Crippen LogP contribution < -0.4 is 14.7 Å². The van der Waals surface area contributed by atoms with Crippen LogP contribution in [0.25, 0.3) is 0 Å². The van der Waals surface area contributed by atoms with E-state index in [1.165, 1.54) is 25.7 Å². The molecule has 0 spiro atoms. The van der Waals surface area contributed by atoms with Gasteiger partial charge in [0.15, 0.2) is 0 Å². The molecule has 0 unspecified atom stereocenters. The Hall–Kier alpha value is -1.63. The normalized spacial score (nSPS) is 25.4. The first-order valence-corrected chi connectivity index (χ1v) is 8.98. The van der Waals surface area contributed by atoms with Gasteiger partial charge in [0, 0.05) is 39.3 Å². The van der Waals surface area contributed by atoms with Crippen molar-refractivity contribution in [3.8, 4) is 0 Å². The molecule has 4 heterocycles. The van der Waals surface area contributed by atoms with Crippen LogP contribution in [0.4, 0.5) is 17.8 Å². The molecule has 7 heteroatoms. The zero-order chi connectivity index (χ0) is 15.6. The Kier molecular flexibility index (Phi) is 4.20. The number of aliphatic hydroxyl groups excluding tert-OH is 1. The van der Waals surface area contributed by atoms with Crippen molar-refractivity contribution in [2.45, 2.75) is 44.6 Å². The highest BCUT2D eigenvalue weighted by atomic mass is 16.3. The first-order valence-electron chi connectivity index (χ1n) is 8.98. The molecule has 3 saturated heterocycles. The van der Waals surface area contributed by atoms with E-state index in [-0.39, 0.29) is 6.10 Å². The highest BCUT2D eigenvalue weighted by Gasteiger charge is 2.25. The summed E-state index contributed by atoms with van der Waals surface area (Å²) in [5.41, 5.74) is 0. The monoisotopic (exact) mass is 318 g/mol. The minimum Gasteiger partial charge on any atom is -0.391 e. The Labute approximate surface area is 137 Å². The van der Waals surface area contributed by atoms with Gasteiger partial charge < -0.3 is 19.8 Å². The first-order chi connectivity index (χ1) is 11.3. The fourth-order valence-corrected chi connectivity index (χ4v) is 3.74. The predicted molar refractivity (Wildman–Crippen MR) is 90.2 cm³/mol. The molecule has 3 aliphatic rings. The van der Waals surface area contributed by atoms with Gasteiger partial charge in [0.05, 0.1) is 6.10 Å². The number of aliphatic hydroxyl groups is 1. The van der Waals surface area contributed by atoms with Gasteiger partial charge in [-0.3, -0.25) is 0 Å². The summed E-state index contributed by atoms with van der Waals surface area (Å²) >= 11 is 0. The highest BCUT2D eigenvalue weighted by molar-refractivity contribution is 5.47. The molecule has 0 aromatic carbocycles. The third-order valence-corrected chi connectivity index (χ3v) is 5.06. The molecule has 0 aliphatic carbocycles. The van der Waals surface area contributed by atoms with Crippen molar-refractivity contribution in [3.63, 3.8) is 0 Å². The summed E-state index contributed by atoms with van der Waals surface area (Å²) < 4.78 is 0. The van der Waals surface area contributed by atoms with E-state index in [9.17, 15) is 5.11 Å². The predicted octanol–water partition coefficient (Wildman–Crippen LogP) is 1.03. The minimum absolute atomic E-state index is 0.272. The van der Waals surface area contributed by atoms with Gasteiger partial charge in [-0.05, 0) is 38.5 Å². The molecule has 1 N–H and O–H groups in total. The average molecular weight is 318 g/mol. The molecule has 126 valence electrons. The number of nitrogens with zero attached hydrogens (tertiary/aromatic N) is 6. The number of hydrogen-bond donors (Lipinski definition) is 1. The lowest BCUT2D eigenvalue weighted by atomic mass is 10.1. The standard InChI is InChI=1S/C16H26N6O/c23-13-6-5-11-22(12-13)16-18-14(20-7-1-2-8-20)17-15(19-16)21-9-3-4-10-21/h13,23H,1-12H2/t13-/m0/s1. The molecule has 1 aromatic heterocycles. The second kappa shape index (κ2) is 6.47. The Morgan fingerprint density at radius 2 is 1.09 bits per heavy atom. The van der Waals surface area contributed by atoms with Crippen LogP contribution in [0, 0.1) is 0 Å². The molecule has 0 saturated carbocycles. The van der Waals surface area contributed by atoms with Gasteiger partial charge in [0.2, 0.25) is 17.8 Å². The SMILES string of the molecule is O[C@H]1CCCN(c2nc(N3CCCC3)nc(N3CCCC3)n2)C1. The summed E-state index contributed by atoms with van der Waals surface area (Å²) in [6, 6.07) is 0. The molecule has 1 atom stereocenters. The third kappa shape index (κ3) is 3.20. The van der Waals surface area contributed by atoms with Gasteiger partial charge in [0.1, 0.15) is 0 Å². The maximum absolute atomic E-state index is 9.97. The molecule has 7 nitrogen and oxygen atoms in total. The zero-order valence-electron chi connectivity index (χ0n) is 13.7. The first kappa shape index (κ1) is 14.9. The van der Waals surface area contributed by atoms with E-state index in [0.717, 1.165) is 63.4 Å². The van der Waals surface area contributed by atoms with Crippen molar-refractivity contribution in [3.05, 3.63) is 0 Å². The summed E-state index contributed by atoms with van der Waals surface area (Å²) in [6.45, 7) is 5.68. The van der Waals surface area contributed by atoms with E-state index < -0.39 is 0 Å². The van der Waals surface area contributed by atoms with Gasteiger partial charge in [-0.15, -0.1) is 0 Å².